The number of methoxy groups -OCH3 is 1. The number of carbonyl (C=O) groups is 2. The van der Waals surface area contributed by atoms with Crippen LogP contribution in [-0.4, -0.2) is 92.4 Å². The molecule has 12 nitrogen and oxygen atoms in total. The molecule has 4 unspecified atom stereocenters. The fourth-order valence-electron chi connectivity index (χ4n) is 7.12. The Hall–Kier alpha value is -2.13. The molecular formula is C24H23ClO12. The summed E-state index contributed by atoms with van der Waals surface area (Å²) in [6.45, 7) is 0.753. The van der Waals surface area contributed by atoms with Crippen molar-refractivity contribution in [3.05, 3.63) is 45.2 Å². The summed E-state index contributed by atoms with van der Waals surface area (Å²) < 4.78 is 28.8. The number of ketones is 1. The maximum absolute atomic E-state index is 13.6. The Morgan fingerprint density at radius 2 is 1.86 bits per heavy atom. The first-order chi connectivity index (χ1) is 17.4. The summed E-state index contributed by atoms with van der Waals surface area (Å²) in [7, 11) is 1.15. The first-order valence-corrected chi connectivity index (χ1v) is 12.1. The van der Waals surface area contributed by atoms with E-state index in [1.807, 2.05) is 0 Å². The first-order valence-electron chi connectivity index (χ1n) is 11.7. The minimum atomic E-state index is -2.56. The van der Waals surface area contributed by atoms with Crippen LogP contribution in [0.4, 0.5) is 0 Å². The van der Waals surface area contributed by atoms with Crippen LogP contribution >= 0.6 is 11.6 Å². The number of halogens is 1. The summed E-state index contributed by atoms with van der Waals surface area (Å²) in [4.78, 5) is 26.6. The Morgan fingerprint density at radius 1 is 1.14 bits per heavy atom. The minimum Gasteiger partial charge on any atom is -0.476 e. The fraction of sp³-hybridized carbons (Fsp3) is 0.583. The smallest absolute Gasteiger partial charge is 0.339 e. The van der Waals surface area contributed by atoms with Gasteiger partial charge >= 0.3 is 5.97 Å². The molecule has 7 rings (SSSR count). The number of aliphatic hydroxyl groups excluding tert-OH is 4. The van der Waals surface area contributed by atoms with Crippen molar-refractivity contribution in [2.45, 2.75) is 72.6 Å². The van der Waals surface area contributed by atoms with E-state index >= 15 is 0 Å². The van der Waals surface area contributed by atoms with Gasteiger partial charge in [-0.1, -0.05) is 11.6 Å². The van der Waals surface area contributed by atoms with E-state index in [-0.39, 0.29) is 33.7 Å². The van der Waals surface area contributed by atoms with Crippen molar-refractivity contribution in [2.24, 2.45) is 0 Å². The summed E-state index contributed by atoms with van der Waals surface area (Å²) in [6, 6.07) is 2.74. The van der Waals surface area contributed by atoms with Gasteiger partial charge in [-0.25, -0.2) is 4.79 Å². The molecule has 0 radical (unpaired) electrons. The van der Waals surface area contributed by atoms with E-state index in [1.165, 1.54) is 19.1 Å². The van der Waals surface area contributed by atoms with Crippen molar-refractivity contribution in [1.29, 1.82) is 0 Å². The normalized spacial score (nSPS) is 49.1. The van der Waals surface area contributed by atoms with Crippen LogP contribution in [-0.2, 0) is 38.9 Å². The van der Waals surface area contributed by atoms with Crippen LogP contribution < -0.4 is 0 Å². The Bertz CT molecular complexity index is 1330. The molecule has 37 heavy (non-hydrogen) atoms. The fourth-order valence-corrected chi connectivity index (χ4v) is 7.45. The van der Waals surface area contributed by atoms with Crippen molar-refractivity contribution in [2.75, 3.05) is 13.7 Å². The molecule has 6 aliphatic rings. The number of hydrogen-bond acceptors (Lipinski definition) is 12. The van der Waals surface area contributed by atoms with Crippen molar-refractivity contribution in [3.63, 3.8) is 0 Å². The second-order valence-corrected chi connectivity index (χ2v) is 10.8. The van der Waals surface area contributed by atoms with Crippen LogP contribution in [0.25, 0.3) is 0 Å². The molecule has 3 fully saturated rings. The predicted octanol–water partition coefficient (Wildman–Crippen LogP) is -1.22. The van der Waals surface area contributed by atoms with Gasteiger partial charge in [0.15, 0.2) is 40.6 Å². The van der Waals surface area contributed by atoms with Gasteiger partial charge in [0, 0.05) is 29.7 Å². The van der Waals surface area contributed by atoms with Crippen LogP contribution in [0.3, 0.4) is 0 Å². The summed E-state index contributed by atoms with van der Waals surface area (Å²) >= 11 is 6.54. The number of cyclic esters (lactones) is 1. The average molecular weight is 539 g/mol. The largest absolute Gasteiger partial charge is 0.476 e. The Labute approximate surface area is 213 Å². The maximum Gasteiger partial charge on any atom is 0.339 e. The molecule has 3 heterocycles. The molecule has 3 aliphatic heterocycles. The number of epoxide rings is 1. The quantitative estimate of drug-likeness (QED) is 0.212. The van der Waals surface area contributed by atoms with E-state index in [0.29, 0.717) is 0 Å². The lowest BCUT2D eigenvalue weighted by Crippen LogP contribution is -2.70. The standard InChI is InChI=1S/C24H23ClO12/c1-7-15(29)21-18(33-2)19(31)34-6-11(26)8-3-9-14(10(25)4-8)16(30)23-13(28)5-12(27)22(9,23)37-24(32,17(7)35-23)20(21)36-21/h3-4,11-13,16,18,20,26-28,30,32H,5-6H2,1-2H3/t11-,12-,13?,16+,18-,20?,21?,22-,23?,24+/m0/s1. The molecule has 10 atom stereocenters. The number of benzene rings is 1. The summed E-state index contributed by atoms with van der Waals surface area (Å²) in [5.74, 6) is -4.78. The van der Waals surface area contributed by atoms with Gasteiger partial charge in [0.2, 0.25) is 0 Å². The Kier molecular flexibility index (Phi) is 4.46. The third-order valence-corrected chi connectivity index (χ3v) is 9.09. The third kappa shape index (κ3) is 2.32. The number of aliphatic hydroxyl groups is 5. The molecule has 1 aromatic carbocycles. The summed E-state index contributed by atoms with van der Waals surface area (Å²) in [5.41, 5.74) is -6.23. The molecule has 3 aliphatic carbocycles. The SMILES string of the molecule is CO[C@H]1C(=O)OC[C@H](O)c2cc(Cl)c3c(c2)[C@@]24O[C@]5(O)C(=C(C)C(=O)C16OC65)OC2(C(O)C[C@@H]4O)[C@@H]3O. The van der Waals surface area contributed by atoms with Gasteiger partial charge in [-0.3, -0.25) is 4.79 Å². The Balaban J connectivity index is 1.57. The molecule has 0 amide bonds. The van der Waals surface area contributed by atoms with E-state index in [0.717, 1.165) is 7.11 Å². The highest BCUT2D eigenvalue weighted by Crippen LogP contribution is 2.71. The first kappa shape index (κ1) is 23.9. The lowest BCUT2D eigenvalue weighted by atomic mass is 9.75. The topological polar surface area (TPSA) is 185 Å². The molecule has 13 heteroatoms. The van der Waals surface area contributed by atoms with Gasteiger partial charge in [0.05, 0.1) is 6.10 Å². The molecule has 5 N–H and O–H groups in total. The second-order valence-electron chi connectivity index (χ2n) is 10.4. The zero-order valence-corrected chi connectivity index (χ0v) is 20.3. The molecule has 198 valence electrons. The highest BCUT2D eigenvalue weighted by Gasteiger charge is 2.88. The number of rotatable bonds is 1. The monoisotopic (exact) mass is 538 g/mol. The number of esters is 1. The highest BCUT2D eigenvalue weighted by atomic mass is 35.5. The zero-order chi connectivity index (χ0) is 26.4. The zero-order valence-electron chi connectivity index (χ0n) is 19.5. The molecule has 1 spiro atoms. The van der Waals surface area contributed by atoms with E-state index in [1.54, 1.807) is 0 Å². The van der Waals surface area contributed by atoms with Crippen LogP contribution in [0.1, 0.15) is 42.2 Å². The number of Topliss-reactive ketones (excluding diaryl/α,β-unsaturated/α-hetero) is 1. The maximum atomic E-state index is 13.6. The van der Waals surface area contributed by atoms with E-state index < -0.39 is 83.3 Å². The van der Waals surface area contributed by atoms with E-state index in [9.17, 15) is 35.1 Å². The molecule has 5 bridgehead atoms. The molecule has 2 saturated heterocycles. The van der Waals surface area contributed by atoms with Crippen LogP contribution in [0.2, 0.25) is 5.02 Å². The van der Waals surface area contributed by atoms with Gasteiger partial charge in [0.1, 0.15) is 24.9 Å². The molecule has 1 saturated carbocycles. The van der Waals surface area contributed by atoms with Gasteiger partial charge < -0.3 is 49.2 Å². The Morgan fingerprint density at radius 3 is 2.57 bits per heavy atom. The van der Waals surface area contributed by atoms with Crippen molar-refractivity contribution < 1.29 is 58.8 Å². The number of ether oxygens (including phenoxy) is 5. The van der Waals surface area contributed by atoms with E-state index in [4.69, 9.17) is 35.3 Å². The highest BCUT2D eigenvalue weighted by molar-refractivity contribution is 6.31. The molecule has 1 aromatic rings. The summed E-state index contributed by atoms with van der Waals surface area (Å²) in [5, 5.41) is 57.0. The lowest BCUT2D eigenvalue weighted by Gasteiger charge is -2.55. The number of fused-ring (bicyclic) bond motifs is 1. The van der Waals surface area contributed by atoms with Crippen LogP contribution in [0, 0.1) is 0 Å². The van der Waals surface area contributed by atoms with Gasteiger partial charge in [-0.05, 0) is 30.2 Å². The van der Waals surface area contributed by atoms with Crippen LogP contribution in [0.5, 0.6) is 0 Å². The molecular weight excluding hydrogens is 516 g/mol. The van der Waals surface area contributed by atoms with Crippen LogP contribution in [0.15, 0.2) is 23.5 Å². The predicted molar refractivity (Wildman–Crippen MR) is 117 cm³/mol. The lowest BCUT2D eigenvalue weighted by molar-refractivity contribution is -0.387. The average Bonchev–Trinajstić information content (AvgIpc) is 3.52. The van der Waals surface area contributed by atoms with Gasteiger partial charge in [0.25, 0.3) is 5.79 Å². The minimum absolute atomic E-state index is 0.0480. The van der Waals surface area contributed by atoms with Crippen molar-refractivity contribution in [3.8, 4) is 0 Å². The van der Waals surface area contributed by atoms with E-state index in [2.05, 4.69) is 0 Å². The van der Waals surface area contributed by atoms with Crippen molar-refractivity contribution in [1.82, 2.24) is 0 Å². The number of carbonyl (C=O) groups excluding carboxylic acids is 2. The van der Waals surface area contributed by atoms with Gasteiger partial charge in [-0.15, -0.1) is 0 Å². The second kappa shape index (κ2) is 6.89. The van der Waals surface area contributed by atoms with Crippen molar-refractivity contribution >= 4 is 23.4 Å². The number of hydrogen-bond donors (Lipinski definition) is 5. The molecule has 0 aromatic heterocycles. The van der Waals surface area contributed by atoms with Gasteiger partial charge in [-0.2, -0.15) is 0 Å². The summed E-state index contributed by atoms with van der Waals surface area (Å²) in [6.07, 6.45) is -9.68. The third-order valence-electron chi connectivity index (χ3n) is 8.78.